The average Bonchev–Trinajstić information content (AvgIpc) is 2.83. The maximum atomic E-state index is 12.2. The molecule has 6 heteroatoms. The molecule has 1 saturated heterocycles. The van der Waals surface area contributed by atoms with Crippen LogP contribution in [-0.2, 0) is 19.1 Å². The lowest BCUT2D eigenvalue weighted by molar-refractivity contribution is -0.152. The molecule has 0 spiro atoms. The number of amides is 2. The third-order valence-electron chi connectivity index (χ3n) is 3.28. The van der Waals surface area contributed by atoms with Crippen LogP contribution in [0.1, 0.15) is 12.8 Å². The fourth-order valence-electron chi connectivity index (χ4n) is 2.29. The van der Waals surface area contributed by atoms with Crippen molar-refractivity contribution < 1.29 is 23.9 Å². The Balaban J connectivity index is 2.14. The minimum Gasteiger partial charge on any atom is -0.469 e. The fraction of sp³-hybridized carbons (Fsp3) is 0.583. The number of carbonyl (C=O) groups is 3. The van der Waals surface area contributed by atoms with Gasteiger partial charge in [-0.2, -0.15) is 0 Å². The molecule has 1 aliphatic carbocycles. The van der Waals surface area contributed by atoms with Crippen molar-refractivity contribution in [2.24, 2.45) is 11.8 Å². The molecule has 0 unspecified atom stereocenters. The SMILES string of the molecule is COC(=O)[C@@H]1CC=CC[C@H]1C(=O)N1CCOC1=O. The zero-order valence-electron chi connectivity index (χ0n) is 10.1. The monoisotopic (exact) mass is 253 g/mol. The summed E-state index contributed by atoms with van der Waals surface area (Å²) in [6, 6.07) is 0. The highest BCUT2D eigenvalue weighted by Crippen LogP contribution is 2.29. The number of cyclic esters (lactones) is 1. The van der Waals surface area contributed by atoms with Gasteiger partial charge in [0.15, 0.2) is 0 Å². The van der Waals surface area contributed by atoms with E-state index in [4.69, 9.17) is 9.47 Å². The van der Waals surface area contributed by atoms with E-state index < -0.39 is 23.9 Å². The number of esters is 1. The van der Waals surface area contributed by atoms with Crippen molar-refractivity contribution in [2.75, 3.05) is 20.3 Å². The molecule has 1 fully saturated rings. The van der Waals surface area contributed by atoms with E-state index in [-0.39, 0.29) is 19.1 Å². The van der Waals surface area contributed by atoms with Crippen LogP contribution in [0.4, 0.5) is 4.79 Å². The highest BCUT2D eigenvalue weighted by atomic mass is 16.6. The molecular weight excluding hydrogens is 238 g/mol. The molecule has 2 rings (SSSR count). The van der Waals surface area contributed by atoms with E-state index in [0.717, 1.165) is 4.90 Å². The second-order valence-corrected chi connectivity index (χ2v) is 4.28. The molecule has 18 heavy (non-hydrogen) atoms. The molecule has 0 bridgehead atoms. The summed E-state index contributed by atoms with van der Waals surface area (Å²) in [6.07, 6.45) is 3.99. The highest BCUT2D eigenvalue weighted by Gasteiger charge is 2.40. The van der Waals surface area contributed by atoms with Crippen molar-refractivity contribution in [1.29, 1.82) is 0 Å². The molecule has 0 aromatic heterocycles. The molecule has 2 amide bonds. The fourth-order valence-corrected chi connectivity index (χ4v) is 2.29. The van der Waals surface area contributed by atoms with Crippen molar-refractivity contribution in [1.82, 2.24) is 4.90 Å². The van der Waals surface area contributed by atoms with Gasteiger partial charge in [0.05, 0.1) is 25.5 Å². The Morgan fingerprint density at radius 3 is 2.56 bits per heavy atom. The van der Waals surface area contributed by atoms with Crippen LogP contribution >= 0.6 is 0 Å². The smallest absolute Gasteiger partial charge is 0.416 e. The lowest BCUT2D eigenvalue weighted by atomic mass is 9.82. The van der Waals surface area contributed by atoms with E-state index in [2.05, 4.69) is 0 Å². The van der Waals surface area contributed by atoms with Crippen molar-refractivity contribution in [3.63, 3.8) is 0 Å². The van der Waals surface area contributed by atoms with E-state index in [1.54, 1.807) is 0 Å². The Labute approximate surface area is 105 Å². The van der Waals surface area contributed by atoms with Crippen LogP contribution in [0.25, 0.3) is 0 Å². The quantitative estimate of drug-likeness (QED) is 0.535. The van der Waals surface area contributed by atoms with Gasteiger partial charge in [0.2, 0.25) is 5.91 Å². The minimum atomic E-state index is -0.627. The van der Waals surface area contributed by atoms with Gasteiger partial charge >= 0.3 is 12.1 Å². The summed E-state index contributed by atoms with van der Waals surface area (Å²) in [4.78, 5) is 36.3. The first kappa shape index (κ1) is 12.6. The Kier molecular flexibility index (Phi) is 3.64. The Morgan fingerprint density at radius 1 is 1.33 bits per heavy atom. The lowest BCUT2D eigenvalue weighted by Crippen LogP contribution is -2.42. The number of ether oxygens (including phenoxy) is 2. The number of hydrogen-bond donors (Lipinski definition) is 0. The van der Waals surface area contributed by atoms with Crippen LogP contribution in [0.3, 0.4) is 0 Å². The number of allylic oxidation sites excluding steroid dienone is 2. The molecule has 1 heterocycles. The Morgan fingerprint density at radius 2 is 2.00 bits per heavy atom. The van der Waals surface area contributed by atoms with E-state index in [0.29, 0.717) is 12.8 Å². The summed E-state index contributed by atoms with van der Waals surface area (Å²) >= 11 is 0. The molecule has 0 aromatic rings. The van der Waals surface area contributed by atoms with Gasteiger partial charge in [-0.15, -0.1) is 0 Å². The van der Waals surface area contributed by atoms with Crippen molar-refractivity contribution >= 4 is 18.0 Å². The Hall–Kier alpha value is -1.85. The Bertz CT molecular complexity index is 403. The minimum absolute atomic E-state index is 0.218. The summed E-state index contributed by atoms with van der Waals surface area (Å²) in [5, 5.41) is 0. The molecular formula is C12H15NO5. The molecule has 0 aromatic carbocycles. The van der Waals surface area contributed by atoms with Crippen molar-refractivity contribution in [2.45, 2.75) is 12.8 Å². The molecule has 2 atom stereocenters. The number of imide groups is 1. The number of rotatable bonds is 2. The van der Waals surface area contributed by atoms with Gasteiger partial charge in [-0.25, -0.2) is 9.69 Å². The van der Waals surface area contributed by atoms with Crippen LogP contribution in [0.2, 0.25) is 0 Å². The normalized spacial score (nSPS) is 26.9. The summed E-state index contributed by atoms with van der Waals surface area (Å²) < 4.78 is 9.43. The second-order valence-electron chi connectivity index (χ2n) is 4.28. The molecule has 0 radical (unpaired) electrons. The molecule has 0 saturated carbocycles. The number of hydrogen-bond acceptors (Lipinski definition) is 5. The maximum Gasteiger partial charge on any atom is 0.416 e. The number of methoxy groups -OCH3 is 1. The largest absolute Gasteiger partial charge is 0.469 e. The summed E-state index contributed by atoms with van der Waals surface area (Å²) in [6.45, 7) is 0.474. The number of carbonyl (C=O) groups excluding carboxylic acids is 3. The predicted molar refractivity (Wildman–Crippen MR) is 60.4 cm³/mol. The molecule has 1 aliphatic heterocycles. The van der Waals surface area contributed by atoms with Gasteiger partial charge in [-0.1, -0.05) is 12.2 Å². The number of nitrogens with zero attached hydrogens (tertiary/aromatic N) is 1. The molecule has 0 N–H and O–H groups in total. The van der Waals surface area contributed by atoms with Crippen molar-refractivity contribution in [3.8, 4) is 0 Å². The van der Waals surface area contributed by atoms with Crippen LogP contribution < -0.4 is 0 Å². The lowest BCUT2D eigenvalue weighted by Gasteiger charge is -2.27. The topological polar surface area (TPSA) is 72.9 Å². The van der Waals surface area contributed by atoms with E-state index >= 15 is 0 Å². The summed E-state index contributed by atoms with van der Waals surface area (Å²) in [7, 11) is 1.30. The summed E-state index contributed by atoms with van der Waals surface area (Å²) in [5.74, 6) is -1.81. The zero-order chi connectivity index (χ0) is 13.1. The first-order valence-electron chi connectivity index (χ1n) is 5.86. The van der Waals surface area contributed by atoms with Gasteiger partial charge in [-0.3, -0.25) is 9.59 Å². The molecule has 98 valence electrons. The van der Waals surface area contributed by atoms with Crippen LogP contribution in [0, 0.1) is 11.8 Å². The van der Waals surface area contributed by atoms with Crippen molar-refractivity contribution in [3.05, 3.63) is 12.2 Å². The predicted octanol–water partition coefficient (Wildman–Crippen LogP) is 0.721. The molecule has 6 nitrogen and oxygen atoms in total. The first-order chi connectivity index (χ1) is 8.65. The highest BCUT2D eigenvalue weighted by molar-refractivity contribution is 5.96. The van der Waals surface area contributed by atoms with E-state index in [1.807, 2.05) is 12.2 Å². The van der Waals surface area contributed by atoms with Gasteiger partial charge < -0.3 is 9.47 Å². The standard InChI is InChI=1S/C12H15NO5/c1-17-11(15)9-5-3-2-4-8(9)10(14)13-6-7-18-12(13)16/h2-3,8-9H,4-7H2,1H3/t8-,9-/m1/s1. The van der Waals surface area contributed by atoms with Crippen LogP contribution in [-0.4, -0.2) is 43.1 Å². The summed E-state index contributed by atoms with van der Waals surface area (Å²) in [5.41, 5.74) is 0. The van der Waals surface area contributed by atoms with Crippen LogP contribution in [0.5, 0.6) is 0 Å². The zero-order valence-corrected chi connectivity index (χ0v) is 10.1. The maximum absolute atomic E-state index is 12.2. The van der Waals surface area contributed by atoms with E-state index in [9.17, 15) is 14.4 Å². The third kappa shape index (κ3) is 2.23. The van der Waals surface area contributed by atoms with Gasteiger partial charge in [0.25, 0.3) is 0 Å². The van der Waals surface area contributed by atoms with E-state index in [1.165, 1.54) is 7.11 Å². The van der Waals surface area contributed by atoms with Gasteiger partial charge in [-0.05, 0) is 12.8 Å². The van der Waals surface area contributed by atoms with Crippen LogP contribution in [0.15, 0.2) is 12.2 Å². The third-order valence-corrected chi connectivity index (χ3v) is 3.28. The van der Waals surface area contributed by atoms with Gasteiger partial charge in [0.1, 0.15) is 6.61 Å². The first-order valence-corrected chi connectivity index (χ1v) is 5.86. The van der Waals surface area contributed by atoms with Gasteiger partial charge in [0, 0.05) is 0 Å². The average molecular weight is 253 g/mol. The molecule has 2 aliphatic rings. The second kappa shape index (κ2) is 5.20.